The molecule has 3 aliphatic rings. The Labute approximate surface area is 167 Å². The second-order valence-corrected chi connectivity index (χ2v) is 9.62. The van der Waals surface area contributed by atoms with Crippen molar-refractivity contribution in [1.82, 2.24) is 0 Å². The highest BCUT2D eigenvalue weighted by atomic mass is 16.7. The zero-order chi connectivity index (χ0) is 18.9. The summed E-state index contributed by atoms with van der Waals surface area (Å²) in [5.74, 6) is 3.45. The van der Waals surface area contributed by atoms with Crippen molar-refractivity contribution in [2.45, 2.75) is 116 Å². The maximum atomic E-state index is 10.6. The first kappa shape index (κ1) is 21.6. The molecular formula is C24H44O3. The van der Waals surface area contributed by atoms with Gasteiger partial charge in [-0.25, -0.2) is 0 Å². The van der Waals surface area contributed by atoms with Gasteiger partial charge in [0.2, 0.25) is 0 Å². The molecular weight excluding hydrogens is 336 g/mol. The average molecular weight is 381 g/mol. The van der Waals surface area contributed by atoms with Gasteiger partial charge in [0.1, 0.15) is 0 Å². The lowest BCUT2D eigenvalue weighted by Crippen LogP contribution is -2.31. The van der Waals surface area contributed by atoms with Crippen LogP contribution in [0.15, 0.2) is 0 Å². The van der Waals surface area contributed by atoms with Gasteiger partial charge in [0, 0.05) is 6.42 Å². The Morgan fingerprint density at radius 1 is 0.815 bits per heavy atom. The lowest BCUT2D eigenvalue weighted by atomic mass is 9.68. The van der Waals surface area contributed by atoms with E-state index < -0.39 is 0 Å². The molecule has 1 heterocycles. The molecule has 0 spiro atoms. The molecule has 158 valence electrons. The lowest BCUT2D eigenvalue weighted by Gasteiger charge is -2.39. The Balaban J connectivity index is 1.29. The van der Waals surface area contributed by atoms with Crippen molar-refractivity contribution in [3.63, 3.8) is 0 Å². The van der Waals surface area contributed by atoms with Crippen LogP contribution < -0.4 is 0 Å². The zero-order valence-electron chi connectivity index (χ0n) is 17.7. The van der Waals surface area contributed by atoms with Crippen LogP contribution in [0, 0.1) is 23.7 Å². The van der Waals surface area contributed by atoms with E-state index in [1.54, 1.807) is 0 Å². The monoisotopic (exact) mass is 380 g/mol. The fourth-order valence-electron chi connectivity index (χ4n) is 5.88. The molecule has 1 aliphatic heterocycles. The van der Waals surface area contributed by atoms with Crippen LogP contribution in [-0.2, 0) is 9.47 Å². The van der Waals surface area contributed by atoms with Crippen LogP contribution in [0.3, 0.4) is 0 Å². The van der Waals surface area contributed by atoms with Crippen molar-refractivity contribution < 1.29 is 14.6 Å². The minimum atomic E-state index is -0.158. The molecule has 2 saturated carbocycles. The summed E-state index contributed by atoms with van der Waals surface area (Å²) in [4.78, 5) is 0. The van der Waals surface area contributed by atoms with Crippen LogP contribution >= 0.6 is 0 Å². The number of hydrogen-bond donors (Lipinski definition) is 1. The SMILES string of the molecule is CCCCCC1CCC(C2CCC(C(O)CCC3OCCCO3)CC2)CC1. The predicted molar refractivity (Wildman–Crippen MR) is 111 cm³/mol. The van der Waals surface area contributed by atoms with E-state index in [1.807, 2.05) is 0 Å². The van der Waals surface area contributed by atoms with Crippen molar-refractivity contribution >= 4 is 0 Å². The van der Waals surface area contributed by atoms with Gasteiger partial charge in [0.05, 0.1) is 19.3 Å². The van der Waals surface area contributed by atoms with E-state index in [1.165, 1.54) is 77.0 Å². The maximum absolute atomic E-state index is 10.6. The highest BCUT2D eigenvalue weighted by molar-refractivity contribution is 4.84. The molecule has 0 aromatic heterocycles. The molecule has 1 atom stereocenters. The predicted octanol–water partition coefficient (Wildman–Crippen LogP) is 6.08. The number of hydrogen-bond acceptors (Lipinski definition) is 3. The largest absolute Gasteiger partial charge is 0.393 e. The normalized spacial score (nSPS) is 34.4. The van der Waals surface area contributed by atoms with Gasteiger partial charge in [0.15, 0.2) is 6.29 Å². The first-order chi connectivity index (χ1) is 13.3. The third kappa shape index (κ3) is 7.01. The van der Waals surface area contributed by atoms with E-state index >= 15 is 0 Å². The minimum absolute atomic E-state index is 0.0720. The van der Waals surface area contributed by atoms with Crippen LogP contribution in [0.1, 0.15) is 103 Å². The van der Waals surface area contributed by atoms with Gasteiger partial charge < -0.3 is 14.6 Å². The van der Waals surface area contributed by atoms with Gasteiger partial charge in [-0.2, -0.15) is 0 Å². The molecule has 1 N–H and O–H groups in total. The van der Waals surface area contributed by atoms with Gasteiger partial charge in [-0.1, -0.05) is 45.4 Å². The number of aliphatic hydroxyl groups is 1. The van der Waals surface area contributed by atoms with E-state index in [0.29, 0.717) is 5.92 Å². The second-order valence-electron chi connectivity index (χ2n) is 9.62. The van der Waals surface area contributed by atoms with Crippen LogP contribution in [0.5, 0.6) is 0 Å². The van der Waals surface area contributed by atoms with Crippen LogP contribution in [0.2, 0.25) is 0 Å². The molecule has 27 heavy (non-hydrogen) atoms. The number of ether oxygens (including phenoxy) is 2. The van der Waals surface area contributed by atoms with E-state index in [2.05, 4.69) is 6.92 Å². The summed E-state index contributed by atoms with van der Waals surface area (Å²) in [7, 11) is 0. The molecule has 3 rings (SSSR count). The Hall–Kier alpha value is -0.120. The molecule has 1 saturated heterocycles. The third-order valence-corrected chi connectivity index (χ3v) is 7.73. The average Bonchev–Trinajstić information content (AvgIpc) is 2.74. The Morgan fingerprint density at radius 3 is 2.07 bits per heavy atom. The number of aliphatic hydroxyl groups excluding tert-OH is 1. The molecule has 0 aromatic carbocycles. The fraction of sp³-hybridized carbons (Fsp3) is 1.00. The van der Waals surface area contributed by atoms with Crippen LogP contribution in [0.4, 0.5) is 0 Å². The molecule has 0 bridgehead atoms. The molecule has 0 amide bonds. The first-order valence-electron chi connectivity index (χ1n) is 12.2. The molecule has 3 nitrogen and oxygen atoms in total. The van der Waals surface area contributed by atoms with E-state index in [4.69, 9.17) is 9.47 Å². The fourth-order valence-corrected chi connectivity index (χ4v) is 5.88. The van der Waals surface area contributed by atoms with Crippen molar-refractivity contribution in [2.24, 2.45) is 23.7 Å². The molecule has 3 fully saturated rings. The van der Waals surface area contributed by atoms with Crippen LogP contribution in [0.25, 0.3) is 0 Å². The van der Waals surface area contributed by atoms with Gasteiger partial charge in [0.25, 0.3) is 0 Å². The Kier molecular flexibility index (Phi) is 9.42. The lowest BCUT2D eigenvalue weighted by molar-refractivity contribution is -0.184. The Bertz CT molecular complexity index is 377. The minimum Gasteiger partial charge on any atom is -0.393 e. The molecule has 0 radical (unpaired) electrons. The number of unbranched alkanes of at least 4 members (excludes halogenated alkanes) is 2. The van der Waals surface area contributed by atoms with Crippen molar-refractivity contribution in [3.05, 3.63) is 0 Å². The summed E-state index contributed by atoms with van der Waals surface area (Å²) in [5.41, 5.74) is 0. The topological polar surface area (TPSA) is 38.7 Å². The van der Waals surface area contributed by atoms with Crippen LogP contribution in [-0.4, -0.2) is 30.7 Å². The first-order valence-corrected chi connectivity index (χ1v) is 12.2. The molecule has 2 aliphatic carbocycles. The van der Waals surface area contributed by atoms with E-state index in [9.17, 15) is 5.11 Å². The van der Waals surface area contributed by atoms with Gasteiger partial charge in [-0.3, -0.25) is 0 Å². The maximum Gasteiger partial charge on any atom is 0.157 e. The summed E-state index contributed by atoms with van der Waals surface area (Å²) in [6.07, 6.45) is 19.3. The van der Waals surface area contributed by atoms with E-state index in [-0.39, 0.29) is 12.4 Å². The smallest absolute Gasteiger partial charge is 0.157 e. The van der Waals surface area contributed by atoms with Gasteiger partial charge >= 0.3 is 0 Å². The van der Waals surface area contributed by atoms with Gasteiger partial charge in [-0.05, 0) is 75.0 Å². The third-order valence-electron chi connectivity index (χ3n) is 7.73. The Morgan fingerprint density at radius 2 is 1.44 bits per heavy atom. The highest BCUT2D eigenvalue weighted by Gasteiger charge is 2.33. The summed E-state index contributed by atoms with van der Waals surface area (Å²) in [6, 6.07) is 0. The zero-order valence-corrected chi connectivity index (χ0v) is 17.7. The van der Waals surface area contributed by atoms with E-state index in [0.717, 1.165) is 50.2 Å². The van der Waals surface area contributed by atoms with Crippen molar-refractivity contribution in [2.75, 3.05) is 13.2 Å². The van der Waals surface area contributed by atoms with Gasteiger partial charge in [-0.15, -0.1) is 0 Å². The number of rotatable bonds is 9. The molecule has 3 heteroatoms. The van der Waals surface area contributed by atoms with Crippen molar-refractivity contribution in [1.29, 1.82) is 0 Å². The summed E-state index contributed by atoms with van der Waals surface area (Å²) < 4.78 is 11.2. The summed E-state index contributed by atoms with van der Waals surface area (Å²) >= 11 is 0. The molecule has 1 unspecified atom stereocenters. The summed E-state index contributed by atoms with van der Waals surface area (Å²) in [5, 5.41) is 10.6. The summed E-state index contributed by atoms with van der Waals surface area (Å²) in [6.45, 7) is 3.93. The standard InChI is InChI=1S/C24H44O3/c1-2-3-4-6-19-7-9-20(10-8-19)21-11-13-22(14-12-21)23(25)15-16-24-26-17-5-18-27-24/h19-25H,2-18H2,1H3. The second kappa shape index (κ2) is 11.8. The quantitative estimate of drug-likeness (QED) is 0.492. The van der Waals surface area contributed by atoms with Crippen molar-refractivity contribution in [3.8, 4) is 0 Å². The highest BCUT2D eigenvalue weighted by Crippen LogP contribution is 2.43. The molecule has 0 aromatic rings.